The van der Waals surface area contributed by atoms with Crippen LogP contribution in [0.1, 0.15) is 65.3 Å². The summed E-state index contributed by atoms with van der Waals surface area (Å²) in [6.07, 6.45) is 6.11. The Morgan fingerprint density at radius 2 is 1.82 bits per heavy atom. The summed E-state index contributed by atoms with van der Waals surface area (Å²) in [6, 6.07) is 6.79. The lowest BCUT2D eigenvalue weighted by molar-refractivity contribution is -0.140. The van der Waals surface area contributed by atoms with Crippen LogP contribution < -0.4 is 0 Å². The summed E-state index contributed by atoms with van der Waals surface area (Å²) in [4.78, 5) is 34.1. The molecule has 0 bridgehead atoms. The van der Waals surface area contributed by atoms with Crippen LogP contribution in [0, 0.1) is 25.6 Å². The topological polar surface area (TPSA) is 53.5 Å². The fourth-order valence-corrected chi connectivity index (χ4v) is 5.21. The molecule has 1 aliphatic carbocycles. The van der Waals surface area contributed by atoms with E-state index < -0.39 is 0 Å². The largest absolute Gasteiger partial charge is 0.337 e. The van der Waals surface area contributed by atoms with E-state index in [0.717, 1.165) is 67.7 Å². The highest BCUT2D eigenvalue weighted by Crippen LogP contribution is 2.28. The van der Waals surface area contributed by atoms with Crippen molar-refractivity contribution in [3.05, 3.63) is 64.2 Å². The molecule has 0 spiro atoms. The Labute approximate surface area is 196 Å². The number of nitrogens with zero attached hydrogens (tertiary/aromatic N) is 3. The molecule has 0 radical (unpaired) electrons. The van der Waals surface area contributed by atoms with Gasteiger partial charge in [0.05, 0.1) is 0 Å². The van der Waals surface area contributed by atoms with Gasteiger partial charge in [-0.3, -0.25) is 19.5 Å². The van der Waals surface area contributed by atoms with Crippen molar-refractivity contribution in [3.63, 3.8) is 0 Å². The summed E-state index contributed by atoms with van der Waals surface area (Å²) in [5.74, 6) is 0.139. The first-order valence-corrected chi connectivity index (χ1v) is 12.1. The predicted octanol–water partition coefficient (Wildman–Crippen LogP) is 4.49. The summed E-state index contributed by atoms with van der Waals surface area (Å²) in [5, 5.41) is 0. The summed E-state index contributed by atoms with van der Waals surface area (Å²) in [7, 11) is 0. The zero-order valence-electron chi connectivity index (χ0n) is 19.9. The van der Waals surface area contributed by atoms with Crippen LogP contribution in [-0.2, 0) is 17.8 Å². The molecule has 2 fully saturated rings. The lowest BCUT2D eigenvalue weighted by atomic mass is 9.95. The van der Waals surface area contributed by atoms with Gasteiger partial charge < -0.3 is 4.90 Å². The van der Waals surface area contributed by atoms with Crippen LogP contribution in [0.25, 0.3) is 0 Å². The minimum absolute atomic E-state index is 0.0604. The maximum absolute atomic E-state index is 14.5. The minimum atomic E-state index is -0.316. The van der Waals surface area contributed by atoms with E-state index in [1.165, 1.54) is 6.07 Å². The summed E-state index contributed by atoms with van der Waals surface area (Å²) in [5.41, 5.74) is 3.99. The number of Topliss-reactive ketones (excluding diaryl/α,β-unsaturated/α-hetero) is 1. The first-order valence-electron chi connectivity index (χ1n) is 12.1. The molecule has 1 atom stereocenters. The number of carbonyl (C=O) groups excluding carboxylic acids is 2. The molecule has 0 N–H and O–H groups in total. The van der Waals surface area contributed by atoms with Crippen LogP contribution >= 0.6 is 0 Å². The Morgan fingerprint density at radius 3 is 2.48 bits per heavy atom. The average Bonchev–Trinajstić information content (AvgIpc) is 3.32. The van der Waals surface area contributed by atoms with E-state index in [-0.39, 0.29) is 30.0 Å². The van der Waals surface area contributed by atoms with Crippen molar-refractivity contribution in [2.45, 2.75) is 65.5 Å². The molecule has 2 aromatic rings. The van der Waals surface area contributed by atoms with E-state index in [2.05, 4.69) is 16.8 Å². The van der Waals surface area contributed by atoms with Crippen molar-refractivity contribution in [1.29, 1.82) is 0 Å². The van der Waals surface area contributed by atoms with Crippen LogP contribution in [0.2, 0.25) is 0 Å². The van der Waals surface area contributed by atoms with E-state index in [9.17, 15) is 14.0 Å². The standard InChI is InChI=1S/C27H34FN3O2/c1-18-8-9-22(15-29-18)26(32)14-23-12-25(28)13-24(20(23)3)17-30-10-11-31(19(2)16-30)27(33)21-6-4-5-7-21/h8-9,12-13,15,19,21H,4-7,10-11,14,16-17H2,1-3H3/t19-/m0/s1. The number of carbonyl (C=O) groups is 2. The average molecular weight is 452 g/mol. The van der Waals surface area contributed by atoms with Crippen LogP contribution in [0.3, 0.4) is 0 Å². The highest BCUT2D eigenvalue weighted by molar-refractivity contribution is 5.97. The fourth-order valence-electron chi connectivity index (χ4n) is 5.21. The minimum Gasteiger partial charge on any atom is -0.337 e. The molecule has 1 aromatic heterocycles. The van der Waals surface area contributed by atoms with Crippen molar-refractivity contribution in [2.75, 3.05) is 19.6 Å². The molecule has 2 aliphatic rings. The molecule has 1 aliphatic heterocycles. The van der Waals surface area contributed by atoms with E-state index in [1.807, 2.05) is 24.8 Å². The molecule has 176 valence electrons. The second kappa shape index (κ2) is 10.1. The zero-order chi connectivity index (χ0) is 23.5. The number of piperazine rings is 1. The second-order valence-electron chi connectivity index (χ2n) is 9.73. The van der Waals surface area contributed by atoms with Gasteiger partial charge in [-0.15, -0.1) is 0 Å². The monoisotopic (exact) mass is 451 g/mol. The van der Waals surface area contributed by atoms with Gasteiger partial charge in [0, 0.05) is 62.0 Å². The molecule has 1 saturated heterocycles. The molecular formula is C27H34FN3O2. The molecule has 6 heteroatoms. The highest BCUT2D eigenvalue weighted by Gasteiger charge is 2.33. The van der Waals surface area contributed by atoms with Crippen LogP contribution in [0.15, 0.2) is 30.5 Å². The van der Waals surface area contributed by atoms with Gasteiger partial charge in [0.25, 0.3) is 0 Å². The maximum Gasteiger partial charge on any atom is 0.226 e. The zero-order valence-corrected chi connectivity index (χ0v) is 19.9. The van der Waals surface area contributed by atoms with Gasteiger partial charge in [-0.2, -0.15) is 0 Å². The van der Waals surface area contributed by atoms with Gasteiger partial charge >= 0.3 is 0 Å². The summed E-state index contributed by atoms with van der Waals surface area (Å²) < 4.78 is 14.5. The molecule has 1 aromatic carbocycles. The Balaban J connectivity index is 1.42. The summed E-state index contributed by atoms with van der Waals surface area (Å²) >= 11 is 0. The number of ketones is 1. The highest BCUT2D eigenvalue weighted by atomic mass is 19.1. The number of aryl methyl sites for hydroxylation is 1. The normalized spacial score (nSPS) is 19.8. The van der Waals surface area contributed by atoms with Crippen LogP contribution in [0.5, 0.6) is 0 Å². The van der Waals surface area contributed by atoms with Crippen LogP contribution in [-0.4, -0.2) is 52.2 Å². The number of amides is 1. The molecule has 4 rings (SSSR count). The first kappa shape index (κ1) is 23.6. The molecule has 5 nitrogen and oxygen atoms in total. The Morgan fingerprint density at radius 1 is 1.09 bits per heavy atom. The Kier molecular flexibility index (Phi) is 7.23. The number of aromatic nitrogens is 1. The van der Waals surface area contributed by atoms with E-state index >= 15 is 0 Å². The number of halogens is 1. The number of rotatable bonds is 6. The fraction of sp³-hybridized carbons (Fsp3) is 0.519. The third kappa shape index (κ3) is 5.49. The molecule has 1 saturated carbocycles. The summed E-state index contributed by atoms with van der Waals surface area (Å²) in [6.45, 7) is 8.84. The first-order chi connectivity index (χ1) is 15.8. The van der Waals surface area contributed by atoms with Crippen molar-refractivity contribution < 1.29 is 14.0 Å². The molecule has 2 heterocycles. The van der Waals surface area contributed by atoms with Gasteiger partial charge in [0.15, 0.2) is 5.78 Å². The van der Waals surface area contributed by atoms with Gasteiger partial charge in [-0.1, -0.05) is 12.8 Å². The number of benzene rings is 1. The molecule has 1 amide bonds. The van der Waals surface area contributed by atoms with E-state index in [1.54, 1.807) is 18.3 Å². The number of hydrogen-bond acceptors (Lipinski definition) is 4. The smallest absolute Gasteiger partial charge is 0.226 e. The Bertz CT molecular complexity index is 1010. The Hall–Kier alpha value is -2.60. The quantitative estimate of drug-likeness (QED) is 0.608. The maximum atomic E-state index is 14.5. The van der Waals surface area contributed by atoms with Gasteiger partial charge in [-0.05, 0) is 74.6 Å². The number of hydrogen-bond donors (Lipinski definition) is 0. The van der Waals surface area contributed by atoms with Crippen molar-refractivity contribution in [1.82, 2.24) is 14.8 Å². The second-order valence-corrected chi connectivity index (χ2v) is 9.73. The SMILES string of the molecule is Cc1ccc(C(=O)Cc2cc(F)cc(CN3CCN(C(=O)C4CCCC4)[C@@H](C)C3)c2C)cn1. The van der Waals surface area contributed by atoms with Gasteiger partial charge in [0.2, 0.25) is 5.91 Å². The lowest BCUT2D eigenvalue weighted by Crippen LogP contribution is -2.54. The van der Waals surface area contributed by atoms with Crippen molar-refractivity contribution in [2.24, 2.45) is 5.92 Å². The van der Waals surface area contributed by atoms with Crippen molar-refractivity contribution in [3.8, 4) is 0 Å². The van der Waals surface area contributed by atoms with Gasteiger partial charge in [-0.25, -0.2) is 4.39 Å². The molecule has 0 unspecified atom stereocenters. The molecule has 33 heavy (non-hydrogen) atoms. The van der Waals surface area contributed by atoms with Gasteiger partial charge in [0.1, 0.15) is 5.82 Å². The number of pyridine rings is 1. The molecular weight excluding hydrogens is 417 g/mol. The van der Waals surface area contributed by atoms with E-state index in [4.69, 9.17) is 0 Å². The van der Waals surface area contributed by atoms with Crippen LogP contribution in [0.4, 0.5) is 4.39 Å². The van der Waals surface area contributed by atoms with Crippen molar-refractivity contribution >= 4 is 11.7 Å². The predicted molar refractivity (Wildman–Crippen MR) is 127 cm³/mol. The third-order valence-electron chi connectivity index (χ3n) is 7.26. The van der Waals surface area contributed by atoms with E-state index in [0.29, 0.717) is 18.0 Å². The lowest BCUT2D eigenvalue weighted by Gasteiger charge is -2.41. The third-order valence-corrected chi connectivity index (χ3v) is 7.26.